The van der Waals surface area contributed by atoms with Gasteiger partial charge in [-0.25, -0.2) is 4.98 Å². The molecule has 1 rings (SSSR count). The van der Waals surface area contributed by atoms with Crippen LogP contribution in [0.3, 0.4) is 0 Å². The molecule has 0 fully saturated rings. The Morgan fingerprint density at radius 2 is 2.20 bits per heavy atom. The molecule has 0 bridgehead atoms. The first-order valence-corrected chi connectivity index (χ1v) is 6.09. The fourth-order valence-electron chi connectivity index (χ4n) is 1.10. The highest BCUT2D eigenvalue weighted by Crippen LogP contribution is 2.12. The van der Waals surface area contributed by atoms with Gasteiger partial charge in [-0.15, -0.1) is 11.3 Å². The number of hydrogen-bond donors (Lipinski definition) is 1. The Balaban J connectivity index is 2.53. The monoisotopic (exact) mass is 224 g/mol. The first-order valence-electron chi connectivity index (χ1n) is 5.21. The molecule has 2 nitrogen and oxygen atoms in total. The molecule has 0 spiro atoms. The third-order valence-electron chi connectivity index (χ3n) is 1.90. The van der Waals surface area contributed by atoms with Crippen molar-refractivity contribution in [3.05, 3.63) is 21.7 Å². The van der Waals surface area contributed by atoms with E-state index in [9.17, 15) is 0 Å². The van der Waals surface area contributed by atoms with Crippen LogP contribution in [0.1, 0.15) is 38.4 Å². The summed E-state index contributed by atoms with van der Waals surface area (Å²) in [6.07, 6.45) is 2.15. The zero-order chi connectivity index (χ0) is 11.5. The molecule has 84 valence electrons. The van der Waals surface area contributed by atoms with Crippen LogP contribution in [0.15, 0.2) is 11.0 Å². The zero-order valence-corrected chi connectivity index (χ0v) is 11.0. The highest BCUT2D eigenvalue weighted by Gasteiger charge is 2.07. The minimum atomic E-state index is 0.174. The zero-order valence-electron chi connectivity index (χ0n) is 10.2. The average molecular weight is 224 g/mol. The van der Waals surface area contributed by atoms with E-state index in [-0.39, 0.29) is 5.54 Å². The maximum atomic E-state index is 4.41. The predicted octanol–water partition coefficient (Wildman–Crippen LogP) is 3.24. The van der Waals surface area contributed by atoms with Crippen molar-refractivity contribution in [1.82, 2.24) is 10.3 Å². The van der Waals surface area contributed by atoms with Crippen LogP contribution in [-0.4, -0.2) is 17.1 Å². The molecule has 0 aromatic carbocycles. The van der Waals surface area contributed by atoms with Crippen LogP contribution in [0.5, 0.6) is 0 Å². The minimum absolute atomic E-state index is 0.174. The number of rotatable bonds is 3. The van der Waals surface area contributed by atoms with Crippen LogP contribution < -0.4 is 5.32 Å². The number of thiazole rings is 1. The van der Waals surface area contributed by atoms with Gasteiger partial charge in [0, 0.05) is 23.2 Å². The van der Waals surface area contributed by atoms with E-state index in [1.807, 2.05) is 6.92 Å². The third-order valence-corrected chi connectivity index (χ3v) is 2.81. The van der Waals surface area contributed by atoms with Crippen molar-refractivity contribution in [3.8, 4) is 0 Å². The third kappa shape index (κ3) is 5.09. The molecular formula is C12H20N2S. The van der Waals surface area contributed by atoms with Crippen LogP contribution in [0.2, 0.25) is 0 Å². The summed E-state index contributed by atoms with van der Waals surface area (Å²) in [7, 11) is 0. The van der Waals surface area contributed by atoms with Gasteiger partial charge in [0.25, 0.3) is 0 Å². The number of nitrogens with one attached hydrogen (secondary N) is 1. The lowest BCUT2D eigenvalue weighted by atomic mass is 10.1. The molecule has 1 aromatic rings. The van der Waals surface area contributed by atoms with E-state index in [0.717, 1.165) is 17.2 Å². The van der Waals surface area contributed by atoms with Crippen molar-refractivity contribution >= 4 is 17.4 Å². The van der Waals surface area contributed by atoms with Gasteiger partial charge in [0.2, 0.25) is 0 Å². The second-order valence-corrected chi connectivity index (χ2v) is 5.81. The summed E-state index contributed by atoms with van der Waals surface area (Å²) in [6, 6.07) is 0. The van der Waals surface area contributed by atoms with E-state index in [1.165, 1.54) is 5.57 Å². The molecular weight excluding hydrogens is 204 g/mol. The van der Waals surface area contributed by atoms with Gasteiger partial charge >= 0.3 is 0 Å². The molecule has 0 atom stereocenters. The van der Waals surface area contributed by atoms with Crippen molar-refractivity contribution in [1.29, 1.82) is 0 Å². The van der Waals surface area contributed by atoms with Gasteiger partial charge in [0.15, 0.2) is 0 Å². The van der Waals surface area contributed by atoms with Crippen LogP contribution in [0.4, 0.5) is 0 Å². The summed E-state index contributed by atoms with van der Waals surface area (Å²) >= 11 is 1.70. The fraction of sp³-hybridized carbons (Fsp3) is 0.583. The topological polar surface area (TPSA) is 24.9 Å². The van der Waals surface area contributed by atoms with Gasteiger partial charge in [-0.2, -0.15) is 0 Å². The Morgan fingerprint density at radius 3 is 2.67 bits per heavy atom. The highest BCUT2D eigenvalue weighted by molar-refractivity contribution is 7.10. The first kappa shape index (κ1) is 12.4. The second-order valence-electron chi connectivity index (χ2n) is 4.92. The molecule has 0 amide bonds. The molecule has 3 heteroatoms. The summed E-state index contributed by atoms with van der Waals surface area (Å²) in [5, 5.41) is 6.63. The minimum Gasteiger partial charge on any atom is -0.308 e. The number of aryl methyl sites for hydroxylation is 1. The Hall–Kier alpha value is -0.670. The molecule has 1 aromatic heterocycles. The van der Waals surface area contributed by atoms with E-state index >= 15 is 0 Å². The number of hydrogen-bond acceptors (Lipinski definition) is 3. The molecule has 0 radical (unpaired) electrons. The lowest BCUT2D eigenvalue weighted by Crippen LogP contribution is -2.36. The molecule has 0 aliphatic rings. The van der Waals surface area contributed by atoms with Gasteiger partial charge in [-0.05, 0) is 40.7 Å². The average Bonchev–Trinajstić information content (AvgIpc) is 2.47. The molecule has 15 heavy (non-hydrogen) atoms. The maximum absolute atomic E-state index is 4.41. The fourth-order valence-corrected chi connectivity index (χ4v) is 1.91. The SMILES string of the molecule is CC(=Cc1nc(C)cs1)CNC(C)(C)C. The Labute approximate surface area is 96.4 Å². The van der Waals surface area contributed by atoms with Crippen LogP contribution in [0, 0.1) is 6.92 Å². The Morgan fingerprint density at radius 1 is 1.53 bits per heavy atom. The number of aromatic nitrogens is 1. The quantitative estimate of drug-likeness (QED) is 0.852. The van der Waals surface area contributed by atoms with E-state index in [0.29, 0.717) is 0 Å². The summed E-state index contributed by atoms with van der Waals surface area (Å²) in [5.41, 5.74) is 2.59. The van der Waals surface area contributed by atoms with Crippen LogP contribution in [-0.2, 0) is 0 Å². The molecule has 0 aliphatic heterocycles. The molecule has 0 saturated carbocycles. The molecule has 0 saturated heterocycles. The molecule has 0 unspecified atom stereocenters. The second kappa shape index (κ2) is 4.90. The number of nitrogens with zero attached hydrogens (tertiary/aromatic N) is 1. The predicted molar refractivity (Wildman–Crippen MR) is 68.3 cm³/mol. The van der Waals surface area contributed by atoms with Gasteiger partial charge in [-0.1, -0.05) is 5.57 Å². The van der Waals surface area contributed by atoms with E-state index in [2.05, 4.69) is 49.5 Å². The van der Waals surface area contributed by atoms with E-state index in [1.54, 1.807) is 11.3 Å². The van der Waals surface area contributed by atoms with Crippen molar-refractivity contribution < 1.29 is 0 Å². The van der Waals surface area contributed by atoms with Gasteiger partial charge < -0.3 is 5.32 Å². The van der Waals surface area contributed by atoms with Crippen molar-refractivity contribution in [3.63, 3.8) is 0 Å². The van der Waals surface area contributed by atoms with Gasteiger partial charge in [0.1, 0.15) is 5.01 Å². The van der Waals surface area contributed by atoms with Crippen LogP contribution >= 0.6 is 11.3 Å². The summed E-state index contributed by atoms with van der Waals surface area (Å²) < 4.78 is 0. The molecule has 0 aliphatic carbocycles. The van der Waals surface area contributed by atoms with E-state index in [4.69, 9.17) is 0 Å². The van der Waals surface area contributed by atoms with Gasteiger partial charge in [-0.3, -0.25) is 0 Å². The Bertz CT molecular complexity index is 345. The lowest BCUT2D eigenvalue weighted by Gasteiger charge is -2.20. The normalized spacial score (nSPS) is 13.3. The summed E-state index contributed by atoms with van der Waals surface area (Å²) in [4.78, 5) is 4.41. The Kier molecular flexibility index (Phi) is 4.05. The highest BCUT2D eigenvalue weighted by atomic mass is 32.1. The standard InChI is InChI=1S/C12H20N2S/c1-9(7-13-12(3,4)5)6-11-14-10(2)8-15-11/h6,8,13H,7H2,1-5H3. The van der Waals surface area contributed by atoms with Crippen molar-refractivity contribution in [2.75, 3.05) is 6.54 Å². The summed E-state index contributed by atoms with van der Waals surface area (Å²) in [6.45, 7) is 11.6. The lowest BCUT2D eigenvalue weighted by molar-refractivity contribution is 0.445. The molecule has 1 heterocycles. The maximum Gasteiger partial charge on any atom is 0.116 e. The largest absolute Gasteiger partial charge is 0.308 e. The van der Waals surface area contributed by atoms with Crippen molar-refractivity contribution in [2.45, 2.75) is 40.2 Å². The molecule has 1 N–H and O–H groups in total. The van der Waals surface area contributed by atoms with E-state index < -0.39 is 0 Å². The van der Waals surface area contributed by atoms with Crippen molar-refractivity contribution in [2.24, 2.45) is 0 Å². The first-order chi connectivity index (χ1) is 6.87. The smallest absolute Gasteiger partial charge is 0.116 e. The van der Waals surface area contributed by atoms with Gasteiger partial charge in [0.05, 0.1) is 0 Å². The van der Waals surface area contributed by atoms with Crippen LogP contribution in [0.25, 0.3) is 6.08 Å². The summed E-state index contributed by atoms with van der Waals surface area (Å²) in [5.74, 6) is 0.